The summed E-state index contributed by atoms with van der Waals surface area (Å²) in [6, 6.07) is 11.5. The zero-order valence-electron chi connectivity index (χ0n) is 13.5. The Morgan fingerprint density at radius 1 is 1.27 bits per heavy atom. The third kappa shape index (κ3) is 4.53. The topological polar surface area (TPSA) is 50.7 Å². The highest BCUT2D eigenvalue weighted by Gasteiger charge is 2.23. The smallest absolute Gasteiger partial charge is 0.264 e. The first kappa shape index (κ1) is 18.2. The normalized spacial score (nSPS) is 16.8. The molecule has 1 aliphatic heterocycles. The van der Waals surface area contributed by atoms with Gasteiger partial charge < -0.3 is 10.1 Å². The fourth-order valence-corrected chi connectivity index (χ4v) is 3.14. The van der Waals surface area contributed by atoms with Crippen molar-refractivity contribution in [3.63, 3.8) is 0 Å². The Bertz CT molecular complexity index is 910. The number of aliphatic imine (C=N–C) groups is 1. The first-order valence-corrected chi connectivity index (χ1v) is 8.83. The van der Waals surface area contributed by atoms with E-state index in [4.69, 9.17) is 16.3 Å². The second-order valence-electron chi connectivity index (χ2n) is 5.25. The minimum Gasteiger partial charge on any atom is -0.490 e. The third-order valence-electron chi connectivity index (χ3n) is 3.33. The fourth-order valence-electron chi connectivity index (χ4n) is 2.12. The lowest BCUT2D eigenvalue weighted by atomic mass is 10.2. The predicted octanol–water partition coefficient (Wildman–Crippen LogP) is 4.94. The maximum Gasteiger partial charge on any atom is 0.264 e. The lowest BCUT2D eigenvalue weighted by Crippen LogP contribution is -2.19. The van der Waals surface area contributed by atoms with Crippen LogP contribution in [-0.2, 0) is 4.79 Å². The molecule has 0 aliphatic carbocycles. The Morgan fingerprint density at radius 3 is 2.73 bits per heavy atom. The van der Waals surface area contributed by atoms with Crippen LogP contribution < -0.4 is 10.1 Å². The van der Waals surface area contributed by atoms with Gasteiger partial charge in [-0.2, -0.15) is 0 Å². The average molecular weight is 389 g/mol. The summed E-state index contributed by atoms with van der Waals surface area (Å²) >= 11 is 6.95. The molecule has 0 bridgehead atoms. The molecule has 0 spiro atoms. The highest BCUT2D eigenvalue weighted by atomic mass is 35.5. The van der Waals surface area contributed by atoms with E-state index in [-0.39, 0.29) is 10.9 Å². The largest absolute Gasteiger partial charge is 0.490 e. The molecule has 0 radical (unpaired) electrons. The zero-order valence-corrected chi connectivity index (χ0v) is 15.1. The van der Waals surface area contributed by atoms with Gasteiger partial charge >= 0.3 is 0 Å². The summed E-state index contributed by atoms with van der Waals surface area (Å²) in [5.41, 5.74) is 1.32. The van der Waals surface area contributed by atoms with E-state index in [0.717, 1.165) is 11.3 Å². The van der Waals surface area contributed by atoms with Crippen LogP contribution >= 0.6 is 23.4 Å². The molecular weight excluding hydrogens is 375 g/mol. The van der Waals surface area contributed by atoms with Crippen LogP contribution in [-0.4, -0.2) is 17.7 Å². The van der Waals surface area contributed by atoms with E-state index in [9.17, 15) is 9.18 Å². The van der Waals surface area contributed by atoms with Gasteiger partial charge in [0.1, 0.15) is 18.2 Å². The van der Waals surface area contributed by atoms with Crippen molar-refractivity contribution in [3.8, 4) is 5.75 Å². The van der Waals surface area contributed by atoms with E-state index in [1.807, 2.05) is 24.3 Å². The lowest BCUT2D eigenvalue weighted by Gasteiger charge is -2.03. The summed E-state index contributed by atoms with van der Waals surface area (Å²) in [7, 11) is 0. The van der Waals surface area contributed by atoms with E-state index in [1.165, 1.54) is 30.0 Å². The summed E-state index contributed by atoms with van der Waals surface area (Å²) in [4.78, 5) is 16.9. The molecule has 132 valence electrons. The van der Waals surface area contributed by atoms with Crippen LogP contribution in [0.1, 0.15) is 5.56 Å². The molecule has 0 atom stereocenters. The van der Waals surface area contributed by atoms with Gasteiger partial charge in [-0.05, 0) is 53.7 Å². The molecule has 1 amide bonds. The maximum atomic E-state index is 13.2. The van der Waals surface area contributed by atoms with E-state index in [0.29, 0.717) is 22.4 Å². The number of carbonyl (C=O) groups excluding carboxylic acids is 1. The molecule has 1 saturated heterocycles. The Labute approximate surface area is 159 Å². The molecule has 2 aromatic carbocycles. The van der Waals surface area contributed by atoms with Crippen LogP contribution in [0.25, 0.3) is 6.08 Å². The summed E-state index contributed by atoms with van der Waals surface area (Å²) in [6.07, 6.45) is 3.43. The quantitative estimate of drug-likeness (QED) is 0.583. The van der Waals surface area contributed by atoms with Crippen LogP contribution in [0.5, 0.6) is 5.75 Å². The molecule has 1 heterocycles. The molecule has 3 rings (SSSR count). The van der Waals surface area contributed by atoms with E-state index in [1.54, 1.807) is 12.2 Å². The molecule has 1 aliphatic rings. The molecule has 4 nitrogen and oxygen atoms in total. The number of rotatable bonds is 5. The van der Waals surface area contributed by atoms with Crippen molar-refractivity contribution >= 4 is 46.2 Å². The van der Waals surface area contributed by atoms with Gasteiger partial charge in [0, 0.05) is 0 Å². The number of benzene rings is 2. The molecule has 1 N–H and O–H groups in total. The Balaban J connectivity index is 1.74. The SMILES string of the molecule is C=CCOc1ccc(/C=C2\SC(=Nc3ccc(F)c(Cl)c3)NC2=O)cc1. The number of ether oxygens (including phenoxy) is 1. The molecule has 0 saturated carbocycles. The monoisotopic (exact) mass is 388 g/mol. The van der Waals surface area contributed by atoms with E-state index < -0.39 is 5.82 Å². The minimum atomic E-state index is -0.514. The molecule has 0 aromatic heterocycles. The number of hydrogen-bond acceptors (Lipinski definition) is 4. The number of amidine groups is 1. The first-order chi connectivity index (χ1) is 12.5. The van der Waals surface area contributed by atoms with Crippen molar-refractivity contribution in [2.24, 2.45) is 4.99 Å². The molecule has 2 aromatic rings. The molecule has 1 fully saturated rings. The molecular formula is C19H14ClFN2O2S. The van der Waals surface area contributed by atoms with Crippen LogP contribution in [0.3, 0.4) is 0 Å². The highest BCUT2D eigenvalue weighted by molar-refractivity contribution is 8.18. The summed E-state index contributed by atoms with van der Waals surface area (Å²) in [5.74, 6) is -0.0280. The number of halogens is 2. The van der Waals surface area contributed by atoms with Gasteiger partial charge in [0.2, 0.25) is 0 Å². The highest BCUT2D eigenvalue weighted by Crippen LogP contribution is 2.29. The Kier molecular flexibility index (Phi) is 5.75. The van der Waals surface area contributed by atoms with Gasteiger partial charge in [0.05, 0.1) is 15.6 Å². The van der Waals surface area contributed by atoms with Gasteiger partial charge in [0.25, 0.3) is 5.91 Å². The van der Waals surface area contributed by atoms with Crippen molar-refractivity contribution in [1.82, 2.24) is 5.32 Å². The maximum absolute atomic E-state index is 13.2. The van der Waals surface area contributed by atoms with Crippen molar-refractivity contribution in [1.29, 1.82) is 0 Å². The Hall–Kier alpha value is -2.57. The number of amides is 1. The third-order valence-corrected chi connectivity index (χ3v) is 4.53. The van der Waals surface area contributed by atoms with Crippen molar-refractivity contribution < 1.29 is 13.9 Å². The number of carbonyl (C=O) groups is 1. The molecule has 7 heteroatoms. The molecule has 0 unspecified atom stereocenters. The minimum absolute atomic E-state index is 0.0179. The summed E-state index contributed by atoms with van der Waals surface area (Å²) in [6.45, 7) is 4.03. The van der Waals surface area contributed by atoms with Crippen LogP contribution in [0, 0.1) is 5.82 Å². The number of nitrogens with one attached hydrogen (secondary N) is 1. The molecule has 26 heavy (non-hydrogen) atoms. The van der Waals surface area contributed by atoms with Gasteiger partial charge in [-0.25, -0.2) is 9.38 Å². The van der Waals surface area contributed by atoms with Crippen LogP contribution in [0.2, 0.25) is 5.02 Å². The van der Waals surface area contributed by atoms with Gasteiger partial charge in [-0.15, -0.1) is 0 Å². The second-order valence-corrected chi connectivity index (χ2v) is 6.69. The van der Waals surface area contributed by atoms with Crippen LogP contribution in [0.15, 0.2) is 65.0 Å². The van der Waals surface area contributed by atoms with Crippen LogP contribution in [0.4, 0.5) is 10.1 Å². The van der Waals surface area contributed by atoms with Gasteiger partial charge in [-0.1, -0.05) is 36.4 Å². The number of nitrogens with zero attached hydrogens (tertiary/aromatic N) is 1. The summed E-state index contributed by atoms with van der Waals surface area (Å²) < 4.78 is 18.6. The van der Waals surface area contributed by atoms with Gasteiger partial charge in [0.15, 0.2) is 5.17 Å². The predicted molar refractivity (Wildman–Crippen MR) is 104 cm³/mol. The van der Waals surface area contributed by atoms with E-state index >= 15 is 0 Å². The second kappa shape index (κ2) is 8.21. The first-order valence-electron chi connectivity index (χ1n) is 7.63. The van der Waals surface area contributed by atoms with Crippen molar-refractivity contribution in [3.05, 3.63) is 76.4 Å². The Morgan fingerprint density at radius 2 is 2.04 bits per heavy atom. The average Bonchev–Trinajstić information content (AvgIpc) is 2.96. The zero-order chi connectivity index (χ0) is 18.5. The standard InChI is InChI=1S/C19H14ClFN2O2S/c1-2-9-25-14-6-3-12(4-7-14)10-17-18(24)23-19(26-17)22-13-5-8-16(21)15(20)11-13/h2-8,10-11H,1,9H2,(H,22,23,24)/b17-10-. The fraction of sp³-hybridized carbons (Fsp3) is 0.0526. The summed E-state index contributed by atoms with van der Waals surface area (Å²) in [5, 5.41) is 3.07. The van der Waals surface area contributed by atoms with Crippen molar-refractivity contribution in [2.45, 2.75) is 0 Å². The van der Waals surface area contributed by atoms with E-state index in [2.05, 4.69) is 16.9 Å². The van der Waals surface area contributed by atoms with Gasteiger partial charge in [-0.3, -0.25) is 4.79 Å². The number of thioether (sulfide) groups is 1. The lowest BCUT2D eigenvalue weighted by molar-refractivity contribution is -0.115. The number of hydrogen-bond donors (Lipinski definition) is 1. The van der Waals surface area contributed by atoms with Crippen molar-refractivity contribution in [2.75, 3.05) is 6.61 Å².